The predicted molar refractivity (Wildman–Crippen MR) is 92.5 cm³/mol. The van der Waals surface area contributed by atoms with E-state index in [-0.39, 0.29) is 11.8 Å². The third kappa shape index (κ3) is 3.93. The summed E-state index contributed by atoms with van der Waals surface area (Å²) in [6.07, 6.45) is 0.668. The highest BCUT2D eigenvalue weighted by Gasteiger charge is 2.34. The Morgan fingerprint density at radius 1 is 1.33 bits per heavy atom. The van der Waals surface area contributed by atoms with Crippen LogP contribution in [0.25, 0.3) is 0 Å². The molecule has 0 radical (unpaired) electrons. The van der Waals surface area contributed by atoms with Crippen LogP contribution in [-0.4, -0.2) is 45.9 Å². The summed E-state index contributed by atoms with van der Waals surface area (Å²) in [7, 11) is 0. The highest BCUT2D eigenvalue weighted by atomic mass is 32.2. The molecule has 1 atom stereocenters. The highest BCUT2D eigenvalue weighted by molar-refractivity contribution is 7.99. The lowest BCUT2D eigenvalue weighted by atomic mass is 10.1. The van der Waals surface area contributed by atoms with Crippen molar-refractivity contribution in [2.45, 2.75) is 12.5 Å². The van der Waals surface area contributed by atoms with Crippen LogP contribution < -0.4 is 5.32 Å². The maximum absolute atomic E-state index is 13.0. The van der Waals surface area contributed by atoms with Crippen molar-refractivity contribution in [3.63, 3.8) is 0 Å². The summed E-state index contributed by atoms with van der Waals surface area (Å²) >= 11 is 3.06. The van der Waals surface area contributed by atoms with E-state index in [2.05, 4.69) is 10.3 Å². The number of aromatic nitrogens is 1. The van der Waals surface area contributed by atoms with Crippen molar-refractivity contribution < 1.29 is 14.0 Å². The first kappa shape index (κ1) is 16.9. The van der Waals surface area contributed by atoms with Crippen LogP contribution in [0.2, 0.25) is 0 Å². The number of amides is 2. The second-order valence-electron chi connectivity index (χ2n) is 5.32. The topological polar surface area (TPSA) is 62.3 Å². The first-order chi connectivity index (χ1) is 11.6. The van der Waals surface area contributed by atoms with Crippen LogP contribution in [0.1, 0.15) is 16.1 Å². The third-order valence-corrected chi connectivity index (χ3v) is 5.35. The van der Waals surface area contributed by atoms with Crippen molar-refractivity contribution in [3.8, 4) is 0 Å². The molecule has 0 spiro atoms. The van der Waals surface area contributed by atoms with Gasteiger partial charge >= 0.3 is 0 Å². The molecule has 1 aromatic heterocycles. The Bertz CT molecular complexity index is 707. The molecule has 1 aliphatic heterocycles. The lowest BCUT2D eigenvalue weighted by Crippen LogP contribution is -2.47. The SMILES string of the molecule is O=C(NCCc1cscn1)[C@H]1CSCN1C(=O)c1ccc(F)cc1. The van der Waals surface area contributed by atoms with Crippen LogP contribution in [0.4, 0.5) is 4.39 Å². The van der Waals surface area contributed by atoms with Crippen LogP contribution in [0.3, 0.4) is 0 Å². The van der Waals surface area contributed by atoms with Gasteiger partial charge in [0.25, 0.3) is 5.91 Å². The fourth-order valence-corrected chi connectivity index (χ4v) is 4.16. The number of carbonyl (C=O) groups excluding carboxylic acids is 2. The summed E-state index contributed by atoms with van der Waals surface area (Å²) in [5.41, 5.74) is 3.09. The minimum atomic E-state index is -0.497. The van der Waals surface area contributed by atoms with Gasteiger partial charge in [0, 0.05) is 29.7 Å². The molecular weight excluding hydrogens is 349 g/mol. The molecule has 0 unspecified atom stereocenters. The molecule has 2 aromatic rings. The molecule has 3 rings (SSSR count). The van der Waals surface area contributed by atoms with Gasteiger partial charge in [-0.1, -0.05) is 0 Å². The molecule has 1 saturated heterocycles. The standard InChI is InChI=1S/C16H16FN3O2S2/c17-12-3-1-11(2-4-12)16(22)20-10-24-8-14(20)15(21)18-6-5-13-7-23-9-19-13/h1-4,7,9,14H,5-6,8,10H2,(H,18,21)/t14-/m1/s1. The second-order valence-corrected chi connectivity index (χ2v) is 7.04. The zero-order valence-corrected chi connectivity index (χ0v) is 14.4. The Hall–Kier alpha value is -1.93. The van der Waals surface area contributed by atoms with E-state index in [0.717, 1.165) is 5.69 Å². The minimum Gasteiger partial charge on any atom is -0.354 e. The molecule has 126 valence electrons. The number of hydrogen-bond donors (Lipinski definition) is 1. The fourth-order valence-electron chi connectivity index (χ4n) is 2.41. The molecular formula is C16H16FN3O2S2. The minimum absolute atomic E-state index is 0.161. The normalized spacial score (nSPS) is 17.0. The Kier molecular flexibility index (Phi) is 5.47. The van der Waals surface area contributed by atoms with E-state index in [0.29, 0.717) is 30.2 Å². The maximum atomic E-state index is 13.0. The number of thioether (sulfide) groups is 1. The average Bonchev–Trinajstić information content (AvgIpc) is 3.26. The van der Waals surface area contributed by atoms with Gasteiger partial charge in [0.1, 0.15) is 11.9 Å². The van der Waals surface area contributed by atoms with Crippen LogP contribution in [0.5, 0.6) is 0 Å². The lowest BCUT2D eigenvalue weighted by molar-refractivity contribution is -0.124. The van der Waals surface area contributed by atoms with Gasteiger partial charge in [-0.15, -0.1) is 23.1 Å². The molecule has 1 aromatic carbocycles. The molecule has 8 heteroatoms. The quantitative estimate of drug-likeness (QED) is 0.882. The molecule has 24 heavy (non-hydrogen) atoms. The summed E-state index contributed by atoms with van der Waals surface area (Å²) in [6.45, 7) is 0.488. The fraction of sp³-hybridized carbons (Fsp3) is 0.312. The lowest BCUT2D eigenvalue weighted by Gasteiger charge is -2.23. The molecule has 2 heterocycles. The van der Waals surface area contributed by atoms with E-state index in [9.17, 15) is 14.0 Å². The van der Waals surface area contributed by atoms with E-state index in [1.807, 2.05) is 5.38 Å². The van der Waals surface area contributed by atoms with Crippen molar-refractivity contribution in [3.05, 3.63) is 52.2 Å². The van der Waals surface area contributed by atoms with Gasteiger partial charge < -0.3 is 10.2 Å². The molecule has 1 N–H and O–H groups in total. The molecule has 0 aliphatic carbocycles. The first-order valence-electron chi connectivity index (χ1n) is 7.44. The van der Waals surface area contributed by atoms with Gasteiger partial charge in [0.05, 0.1) is 17.1 Å². The first-order valence-corrected chi connectivity index (χ1v) is 9.54. The second kappa shape index (κ2) is 7.76. The monoisotopic (exact) mass is 365 g/mol. The summed E-state index contributed by atoms with van der Waals surface area (Å²) in [6, 6.07) is 4.89. The molecule has 0 bridgehead atoms. The number of rotatable bonds is 5. The Morgan fingerprint density at radius 3 is 2.83 bits per heavy atom. The number of nitrogens with zero attached hydrogens (tertiary/aromatic N) is 2. The number of thiazole rings is 1. The number of nitrogens with one attached hydrogen (secondary N) is 1. The van der Waals surface area contributed by atoms with E-state index < -0.39 is 11.9 Å². The van der Waals surface area contributed by atoms with Crippen LogP contribution in [-0.2, 0) is 11.2 Å². The van der Waals surface area contributed by atoms with Gasteiger partial charge in [-0.25, -0.2) is 9.37 Å². The largest absolute Gasteiger partial charge is 0.354 e. The summed E-state index contributed by atoms with van der Waals surface area (Å²) in [5.74, 6) is 0.222. The Balaban J connectivity index is 1.58. The van der Waals surface area contributed by atoms with Crippen molar-refractivity contribution >= 4 is 34.9 Å². The van der Waals surface area contributed by atoms with E-state index in [1.54, 1.807) is 5.51 Å². The van der Waals surface area contributed by atoms with Crippen LogP contribution in [0, 0.1) is 5.82 Å². The van der Waals surface area contributed by atoms with Gasteiger partial charge in [-0.05, 0) is 24.3 Å². The number of halogens is 1. The zero-order valence-electron chi connectivity index (χ0n) is 12.8. The third-order valence-electron chi connectivity index (χ3n) is 3.70. The molecule has 0 saturated carbocycles. The average molecular weight is 365 g/mol. The highest BCUT2D eigenvalue weighted by Crippen LogP contribution is 2.23. The molecule has 2 amide bonds. The molecule has 5 nitrogen and oxygen atoms in total. The van der Waals surface area contributed by atoms with E-state index >= 15 is 0 Å². The van der Waals surface area contributed by atoms with Crippen LogP contribution >= 0.6 is 23.1 Å². The molecule has 1 aliphatic rings. The molecule has 1 fully saturated rings. The maximum Gasteiger partial charge on any atom is 0.255 e. The Morgan fingerprint density at radius 2 is 2.12 bits per heavy atom. The number of hydrogen-bond acceptors (Lipinski definition) is 5. The smallest absolute Gasteiger partial charge is 0.255 e. The summed E-state index contributed by atoms with van der Waals surface area (Å²) in [5, 5.41) is 4.81. The van der Waals surface area contributed by atoms with Gasteiger partial charge in [-0.3, -0.25) is 9.59 Å². The van der Waals surface area contributed by atoms with Crippen LogP contribution in [0.15, 0.2) is 35.2 Å². The number of benzene rings is 1. The van der Waals surface area contributed by atoms with Gasteiger partial charge in [-0.2, -0.15) is 0 Å². The predicted octanol–water partition coefficient (Wildman–Crippen LogP) is 2.16. The van der Waals surface area contributed by atoms with E-state index in [4.69, 9.17) is 0 Å². The van der Waals surface area contributed by atoms with Crippen molar-refractivity contribution in [1.82, 2.24) is 15.2 Å². The van der Waals surface area contributed by atoms with Gasteiger partial charge in [0.2, 0.25) is 5.91 Å². The summed E-state index contributed by atoms with van der Waals surface area (Å²) in [4.78, 5) is 30.6. The van der Waals surface area contributed by atoms with Crippen molar-refractivity contribution in [1.29, 1.82) is 0 Å². The Labute approximate surface area is 147 Å². The van der Waals surface area contributed by atoms with Gasteiger partial charge in [0.15, 0.2) is 0 Å². The zero-order chi connectivity index (χ0) is 16.9. The number of carbonyl (C=O) groups is 2. The summed E-state index contributed by atoms with van der Waals surface area (Å²) < 4.78 is 13.0. The van der Waals surface area contributed by atoms with Crippen molar-refractivity contribution in [2.24, 2.45) is 0 Å². The van der Waals surface area contributed by atoms with E-state index in [1.165, 1.54) is 52.3 Å². The van der Waals surface area contributed by atoms with Crippen molar-refractivity contribution in [2.75, 3.05) is 18.2 Å².